The van der Waals surface area contributed by atoms with Gasteiger partial charge in [-0.05, 0) is 30.2 Å². The highest BCUT2D eigenvalue weighted by molar-refractivity contribution is 5.93. The molecule has 2 aromatic carbocycles. The maximum absolute atomic E-state index is 12.2. The van der Waals surface area contributed by atoms with Gasteiger partial charge in [-0.3, -0.25) is 4.79 Å². The van der Waals surface area contributed by atoms with Crippen molar-refractivity contribution in [2.24, 2.45) is 0 Å². The third kappa shape index (κ3) is 4.29. The zero-order chi connectivity index (χ0) is 17.8. The average Bonchev–Trinajstić information content (AvgIpc) is 2.91. The summed E-state index contributed by atoms with van der Waals surface area (Å²) in [5.41, 5.74) is 9.04. The molecule has 25 heavy (non-hydrogen) atoms. The number of nitrogens with zero attached hydrogens (tertiary/aromatic N) is 1. The van der Waals surface area contributed by atoms with Crippen molar-refractivity contribution in [2.45, 2.75) is 25.9 Å². The van der Waals surface area contributed by atoms with Gasteiger partial charge in [0.1, 0.15) is 0 Å². The SMILES string of the molecule is Cc1ccc(N)c(NC(=O)NC2CC(=O)N(Cc3ccccc3)C2)c1. The van der Waals surface area contributed by atoms with Crippen LogP contribution in [0.25, 0.3) is 0 Å². The van der Waals surface area contributed by atoms with Crippen molar-refractivity contribution in [1.82, 2.24) is 10.2 Å². The molecule has 0 radical (unpaired) electrons. The van der Waals surface area contributed by atoms with Gasteiger partial charge in [-0.2, -0.15) is 0 Å². The first-order valence-corrected chi connectivity index (χ1v) is 8.26. The summed E-state index contributed by atoms with van der Waals surface area (Å²) in [7, 11) is 0. The van der Waals surface area contributed by atoms with Gasteiger partial charge in [-0.15, -0.1) is 0 Å². The van der Waals surface area contributed by atoms with Crippen molar-refractivity contribution in [3.8, 4) is 0 Å². The van der Waals surface area contributed by atoms with Crippen molar-refractivity contribution in [3.05, 3.63) is 59.7 Å². The van der Waals surface area contributed by atoms with Crippen LogP contribution < -0.4 is 16.4 Å². The molecule has 1 saturated heterocycles. The van der Waals surface area contributed by atoms with Gasteiger partial charge in [0.15, 0.2) is 0 Å². The number of carbonyl (C=O) groups excluding carboxylic acids is 2. The second-order valence-electron chi connectivity index (χ2n) is 6.35. The normalized spacial score (nSPS) is 16.8. The van der Waals surface area contributed by atoms with Crippen LogP contribution in [0.15, 0.2) is 48.5 Å². The molecule has 1 fully saturated rings. The van der Waals surface area contributed by atoms with Gasteiger partial charge in [0.25, 0.3) is 0 Å². The summed E-state index contributed by atoms with van der Waals surface area (Å²) in [5, 5.41) is 5.60. The molecule has 1 unspecified atom stereocenters. The average molecular weight is 338 g/mol. The number of likely N-dealkylation sites (tertiary alicyclic amines) is 1. The van der Waals surface area contributed by atoms with Crippen molar-refractivity contribution in [1.29, 1.82) is 0 Å². The molecule has 6 heteroatoms. The molecule has 1 atom stereocenters. The van der Waals surface area contributed by atoms with Crippen molar-refractivity contribution < 1.29 is 9.59 Å². The first-order chi connectivity index (χ1) is 12.0. The van der Waals surface area contributed by atoms with E-state index in [2.05, 4.69) is 10.6 Å². The van der Waals surface area contributed by atoms with Crippen LogP contribution in [0.3, 0.4) is 0 Å². The number of benzene rings is 2. The highest BCUT2D eigenvalue weighted by atomic mass is 16.2. The van der Waals surface area contributed by atoms with E-state index in [9.17, 15) is 9.59 Å². The minimum atomic E-state index is -0.350. The summed E-state index contributed by atoms with van der Waals surface area (Å²) in [6, 6.07) is 14.7. The lowest BCUT2D eigenvalue weighted by Crippen LogP contribution is -2.39. The Morgan fingerprint density at radius 1 is 1.24 bits per heavy atom. The smallest absolute Gasteiger partial charge is 0.319 e. The number of nitrogens with one attached hydrogen (secondary N) is 2. The van der Waals surface area contributed by atoms with Crippen molar-refractivity contribution in [3.63, 3.8) is 0 Å². The fourth-order valence-electron chi connectivity index (χ4n) is 2.95. The molecule has 0 aromatic heterocycles. The van der Waals surface area contributed by atoms with Gasteiger partial charge in [-0.1, -0.05) is 36.4 Å². The predicted molar refractivity (Wildman–Crippen MR) is 98.0 cm³/mol. The van der Waals surface area contributed by atoms with Gasteiger partial charge < -0.3 is 21.3 Å². The van der Waals surface area contributed by atoms with Crippen molar-refractivity contribution >= 4 is 23.3 Å². The molecule has 0 saturated carbocycles. The molecule has 0 spiro atoms. The van der Waals surface area contributed by atoms with E-state index >= 15 is 0 Å². The monoisotopic (exact) mass is 338 g/mol. The lowest BCUT2D eigenvalue weighted by Gasteiger charge is -2.17. The molecular formula is C19H22N4O2. The summed E-state index contributed by atoms with van der Waals surface area (Å²) in [6.45, 7) is 2.99. The highest BCUT2D eigenvalue weighted by Gasteiger charge is 2.30. The minimum absolute atomic E-state index is 0.0456. The summed E-state index contributed by atoms with van der Waals surface area (Å²) in [4.78, 5) is 26.1. The Bertz CT molecular complexity index is 776. The number of anilines is 2. The van der Waals surface area contributed by atoms with Crippen LogP contribution in [0, 0.1) is 6.92 Å². The summed E-state index contributed by atoms with van der Waals surface area (Å²) in [5.74, 6) is 0.0456. The molecule has 3 rings (SSSR count). The Kier molecular flexibility index (Phi) is 4.88. The number of nitrogens with two attached hydrogens (primary N) is 1. The zero-order valence-electron chi connectivity index (χ0n) is 14.2. The fraction of sp³-hybridized carbons (Fsp3) is 0.263. The van der Waals surface area contributed by atoms with Crippen LogP contribution in [0.4, 0.5) is 16.2 Å². The number of urea groups is 1. The van der Waals surface area contributed by atoms with E-state index < -0.39 is 0 Å². The maximum Gasteiger partial charge on any atom is 0.319 e. The number of aryl methyl sites for hydroxylation is 1. The van der Waals surface area contributed by atoms with Crippen LogP contribution >= 0.6 is 0 Å². The number of rotatable bonds is 4. The molecule has 130 valence electrons. The maximum atomic E-state index is 12.2. The van der Waals surface area contributed by atoms with Gasteiger partial charge in [0.2, 0.25) is 5.91 Å². The number of amides is 3. The first kappa shape index (κ1) is 16.8. The fourth-order valence-corrected chi connectivity index (χ4v) is 2.95. The van der Waals surface area contributed by atoms with E-state index in [-0.39, 0.29) is 18.0 Å². The van der Waals surface area contributed by atoms with E-state index in [0.29, 0.717) is 30.9 Å². The first-order valence-electron chi connectivity index (χ1n) is 8.26. The largest absolute Gasteiger partial charge is 0.397 e. The summed E-state index contributed by atoms with van der Waals surface area (Å²) >= 11 is 0. The van der Waals surface area contributed by atoms with E-state index in [1.54, 1.807) is 11.0 Å². The van der Waals surface area contributed by atoms with Gasteiger partial charge in [-0.25, -0.2) is 4.79 Å². The summed E-state index contributed by atoms with van der Waals surface area (Å²) < 4.78 is 0. The van der Waals surface area contributed by atoms with Crippen LogP contribution in [-0.2, 0) is 11.3 Å². The molecule has 2 aromatic rings. The van der Waals surface area contributed by atoms with E-state index in [1.165, 1.54) is 0 Å². The van der Waals surface area contributed by atoms with Crippen LogP contribution in [0.1, 0.15) is 17.5 Å². The molecule has 4 N–H and O–H groups in total. The van der Waals surface area contributed by atoms with E-state index in [4.69, 9.17) is 5.73 Å². The standard InChI is InChI=1S/C19H22N4O2/c1-13-7-8-16(20)17(9-13)22-19(25)21-15-10-18(24)23(12-15)11-14-5-3-2-4-6-14/h2-9,15H,10-12,20H2,1H3,(H2,21,22,25). The Morgan fingerprint density at radius 2 is 2.00 bits per heavy atom. The minimum Gasteiger partial charge on any atom is -0.397 e. The highest BCUT2D eigenvalue weighted by Crippen LogP contribution is 2.20. The number of carbonyl (C=O) groups is 2. The van der Waals surface area contributed by atoms with Gasteiger partial charge in [0, 0.05) is 19.5 Å². The lowest BCUT2D eigenvalue weighted by molar-refractivity contribution is -0.128. The Balaban J connectivity index is 1.56. The molecule has 1 aliphatic heterocycles. The molecule has 0 bridgehead atoms. The number of nitrogen functional groups attached to an aromatic ring is 1. The Labute approximate surface area is 147 Å². The molecular weight excluding hydrogens is 316 g/mol. The molecule has 3 amide bonds. The van der Waals surface area contributed by atoms with Gasteiger partial charge in [0.05, 0.1) is 17.4 Å². The van der Waals surface area contributed by atoms with Crippen LogP contribution in [-0.4, -0.2) is 29.4 Å². The molecule has 6 nitrogen and oxygen atoms in total. The summed E-state index contributed by atoms with van der Waals surface area (Å²) in [6.07, 6.45) is 0.309. The van der Waals surface area contributed by atoms with Crippen LogP contribution in [0.5, 0.6) is 0 Å². The number of hydrogen-bond donors (Lipinski definition) is 3. The van der Waals surface area contributed by atoms with E-state index in [1.807, 2.05) is 49.4 Å². The second-order valence-corrected chi connectivity index (χ2v) is 6.35. The van der Waals surface area contributed by atoms with Gasteiger partial charge >= 0.3 is 6.03 Å². The predicted octanol–water partition coefficient (Wildman–Crippen LogP) is 2.50. The van der Waals surface area contributed by atoms with E-state index in [0.717, 1.165) is 11.1 Å². The third-order valence-electron chi connectivity index (χ3n) is 4.22. The topological polar surface area (TPSA) is 87.5 Å². The van der Waals surface area contributed by atoms with Crippen LogP contribution in [0.2, 0.25) is 0 Å². The molecule has 1 aliphatic rings. The Hall–Kier alpha value is -3.02. The number of hydrogen-bond acceptors (Lipinski definition) is 3. The lowest BCUT2D eigenvalue weighted by atomic mass is 10.2. The van der Waals surface area contributed by atoms with Crippen molar-refractivity contribution in [2.75, 3.05) is 17.6 Å². The third-order valence-corrected chi connectivity index (χ3v) is 4.22. The quantitative estimate of drug-likeness (QED) is 0.749. The Morgan fingerprint density at radius 3 is 2.76 bits per heavy atom. The second kappa shape index (κ2) is 7.25. The molecule has 0 aliphatic carbocycles. The zero-order valence-corrected chi connectivity index (χ0v) is 14.2. The molecule has 1 heterocycles.